The van der Waals surface area contributed by atoms with Gasteiger partial charge in [0, 0.05) is 26.4 Å². The third-order valence-corrected chi connectivity index (χ3v) is 6.96. The van der Waals surface area contributed by atoms with Crippen LogP contribution in [0.5, 0.6) is 11.5 Å². The summed E-state index contributed by atoms with van der Waals surface area (Å²) in [7, 11) is 0.999. The molecule has 2 aromatic rings. The lowest BCUT2D eigenvalue weighted by molar-refractivity contribution is -0.154. The van der Waals surface area contributed by atoms with Gasteiger partial charge in [-0.15, -0.1) is 0 Å². The molecule has 0 radical (unpaired) electrons. The fourth-order valence-electron chi connectivity index (χ4n) is 4.68. The van der Waals surface area contributed by atoms with E-state index in [4.69, 9.17) is 9.47 Å². The smallest absolute Gasteiger partial charge is 0.406 e. The van der Waals surface area contributed by atoms with Crippen LogP contribution >= 0.6 is 0 Å². The maximum atomic E-state index is 13.0. The molecule has 14 heteroatoms. The van der Waals surface area contributed by atoms with Crippen molar-refractivity contribution < 1.29 is 50.5 Å². The summed E-state index contributed by atoms with van der Waals surface area (Å²) in [6.07, 6.45) is -2.40. The first-order chi connectivity index (χ1) is 19.8. The number of carbonyl (C=O) groups excluding carboxylic acids is 3. The Labute approximate surface area is 238 Å². The molecule has 2 atom stereocenters. The van der Waals surface area contributed by atoms with E-state index in [2.05, 4.69) is 9.72 Å². The first kappa shape index (κ1) is 31.0. The molecule has 0 bridgehead atoms. The normalized spacial score (nSPS) is 18.6. The number of rotatable bonds is 11. The molecule has 1 saturated heterocycles. The number of amides is 2. The lowest BCUT2D eigenvalue weighted by Crippen LogP contribution is -2.40. The van der Waals surface area contributed by atoms with Crippen molar-refractivity contribution in [3.8, 4) is 11.5 Å². The largest absolute Gasteiger partial charge is 0.489 e. The second-order valence-corrected chi connectivity index (χ2v) is 10.4. The van der Waals surface area contributed by atoms with Crippen molar-refractivity contribution in [2.45, 2.75) is 57.5 Å². The molecule has 228 valence electrons. The molecular formula is C28H30F5N3O6. The number of nitrogens with zero attached hydrogens (tertiary/aromatic N) is 3. The summed E-state index contributed by atoms with van der Waals surface area (Å²) in [6, 6.07) is 7.69. The summed E-state index contributed by atoms with van der Waals surface area (Å²) in [4.78, 5) is 43.6. The van der Waals surface area contributed by atoms with Gasteiger partial charge in [0.15, 0.2) is 11.5 Å². The van der Waals surface area contributed by atoms with Gasteiger partial charge in [0.1, 0.15) is 24.9 Å². The number of pyridine rings is 1. The second kappa shape index (κ2) is 12.9. The highest BCUT2D eigenvalue weighted by Gasteiger charge is 2.40. The summed E-state index contributed by atoms with van der Waals surface area (Å²) in [5.74, 6) is -1.98. The van der Waals surface area contributed by atoms with Crippen LogP contribution in [0.25, 0.3) is 0 Å². The molecule has 0 N–H and O–H groups in total. The van der Waals surface area contributed by atoms with E-state index in [0.717, 1.165) is 19.9 Å². The van der Waals surface area contributed by atoms with Crippen molar-refractivity contribution in [2.75, 3.05) is 26.7 Å². The minimum atomic E-state index is -4.58. The SMILES string of the molecule is CC(=O)N1CC(c2ccc(OC(F)F)c(OCC3CC3)c2)C[C@@H]1C(=O)OCc1cccc(C(=O)N(C)CC(F)(F)F)n1. The summed E-state index contributed by atoms with van der Waals surface area (Å²) < 4.78 is 79.5. The summed E-state index contributed by atoms with van der Waals surface area (Å²) in [6.45, 7) is -3.03. The number of aromatic nitrogens is 1. The zero-order chi connectivity index (χ0) is 30.6. The van der Waals surface area contributed by atoms with Crippen LogP contribution in [0, 0.1) is 5.92 Å². The summed E-state index contributed by atoms with van der Waals surface area (Å²) >= 11 is 0. The summed E-state index contributed by atoms with van der Waals surface area (Å²) in [5.41, 5.74) is 0.547. The van der Waals surface area contributed by atoms with Crippen molar-refractivity contribution >= 4 is 17.8 Å². The Morgan fingerprint density at radius 3 is 2.50 bits per heavy atom. The molecule has 4 rings (SSSR count). The van der Waals surface area contributed by atoms with Gasteiger partial charge in [-0.2, -0.15) is 22.0 Å². The molecule has 0 spiro atoms. The minimum Gasteiger partial charge on any atom is -0.489 e. The van der Waals surface area contributed by atoms with Crippen molar-refractivity contribution in [2.24, 2.45) is 5.92 Å². The number of esters is 1. The topological polar surface area (TPSA) is 98.3 Å². The first-order valence-corrected chi connectivity index (χ1v) is 13.2. The number of halogens is 5. The molecule has 1 saturated carbocycles. The fraction of sp³-hybridized carbons (Fsp3) is 0.500. The van der Waals surface area contributed by atoms with Crippen LogP contribution in [-0.2, 0) is 20.9 Å². The third-order valence-electron chi connectivity index (χ3n) is 6.96. The van der Waals surface area contributed by atoms with Crippen LogP contribution in [0.15, 0.2) is 36.4 Å². The lowest BCUT2D eigenvalue weighted by atomic mass is 9.96. The van der Waals surface area contributed by atoms with E-state index in [-0.39, 0.29) is 54.3 Å². The Morgan fingerprint density at radius 1 is 1.12 bits per heavy atom. The van der Waals surface area contributed by atoms with E-state index in [0.29, 0.717) is 23.0 Å². The predicted octanol–water partition coefficient (Wildman–Crippen LogP) is 4.55. The van der Waals surface area contributed by atoms with Gasteiger partial charge in [-0.25, -0.2) is 9.78 Å². The average Bonchev–Trinajstić information content (AvgIpc) is 3.64. The van der Waals surface area contributed by atoms with Gasteiger partial charge >= 0.3 is 18.8 Å². The summed E-state index contributed by atoms with van der Waals surface area (Å²) in [5, 5.41) is 0. The lowest BCUT2D eigenvalue weighted by Gasteiger charge is -2.21. The zero-order valence-corrected chi connectivity index (χ0v) is 22.9. The number of hydrogen-bond acceptors (Lipinski definition) is 7. The van der Waals surface area contributed by atoms with E-state index >= 15 is 0 Å². The zero-order valence-electron chi connectivity index (χ0n) is 22.9. The monoisotopic (exact) mass is 599 g/mol. The second-order valence-electron chi connectivity index (χ2n) is 10.4. The molecular weight excluding hydrogens is 569 g/mol. The van der Waals surface area contributed by atoms with Crippen LogP contribution in [-0.4, -0.2) is 78.1 Å². The molecule has 9 nitrogen and oxygen atoms in total. The maximum Gasteiger partial charge on any atom is 0.406 e. The Morgan fingerprint density at radius 2 is 1.86 bits per heavy atom. The number of carbonyl (C=O) groups is 3. The Kier molecular flexibility index (Phi) is 9.52. The molecule has 1 aromatic carbocycles. The number of ether oxygens (including phenoxy) is 3. The van der Waals surface area contributed by atoms with E-state index < -0.39 is 37.3 Å². The van der Waals surface area contributed by atoms with E-state index in [1.165, 1.54) is 36.1 Å². The Balaban J connectivity index is 1.43. The molecule has 42 heavy (non-hydrogen) atoms. The minimum absolute atomic E-state index is 0.107. The molecule has 1 unspecified atom stereocenters. The van der Waals surface area contributed by atoms with Crippen LogP contribution in [0.1, 0.15) is 53.8 Å². The standard InChI is InChI=1S/C28H30F5N3O6/c1-16(37)36-12-19(18-8-9-23(42-27(29)30)24(11-18)40-13-17-6-7-17)10-22(36)26(39)41-14-20-4-3-5-21(34-20)25(38)35(2)15-28(31,32)33/h3-5,8-9,11,17,19,22,27H,6-7,10,12-15H2,1-2H3/t19?,22-/m1/s1. The van der Waals surface area contributed by atoms with Gasteiger partial charge in [-0.3, -0.25) is 9.59 Å². The van der Waals surface area contributed by atoms with Crippen molar-refractivity contribution in [3.63, 3.8) is 0 Å². The Bertz CT molecular complexity index is 1300. The van der Waals surface area contributed by atoms with Crippen LogP contribution in [0.3, 0.4) is 0 Å². The third kappa shape index (κ3) is 8.29. The Hall–Kier alpha value is -3.97. The van der Waals surface area contributed by atoms with Crippen molar-refractivity contribution in [1.29, 1.82) is 0 Å². The highest BCUT2D eigenvalue weighted by atomic mass is 19.4. The molecule has 2 fully saturated rings. The fourth-order valence-corrected chi connectivity index (χ4v) is 4.68. The van der Waals surface area contributed by atoms with Crippen LogP contribution in [0.4, 0.5) is 22.0 Å². The predicted molar refractivity (Wildman–Crippen MR) is 137 cm³/mol. The quantitative estimate of drug-likeness (QED) is 0.276. The van der Waals surface area contributed by atoms with Crippen molar-refractivity contribution in [3.05, 3.63) is 53.3 Å². The molecule has 1 aliphatic heterocycles. The van der Waals surface area contributed by atoms with Gasteiger partial charge < -0.3 is 24.0 Å². The number of likely N-dealkylation sites (tertiary alicyclic amines) is 1. The van der Waals surface area contributed by atoms with E-state index in [1.807, 2.05) is 0 Å². The van der Waals surface area contributed by atoms with Gasteiger partial charge in [0.2, 0.25) is 5.91 Å². The maximum absolute atomic E-state index is 13.0. The van der Waals surface area contributed by atoms with E-state index in [9.17, 15) is 36.3 Å². The van der Waals surface area contributed by atoms with E-state index in [1.54, 1.807) is 12.1 Å². The van der Waals surface area contributed by atoms with Crippen LogP contribution < -0.4 is 9.47 Å². The molecule has 1 aliphatic carbocycles. The molecule has 1 aromatic heterocycles. The average molecular weight is 600 g/mol. The first-order valence-electron chi connectivity index (χ1n) is 13.2. The van der Waals surface area contributed by atoms with Crippen LogP contribution in [0.2, 0.25) is 0 Å². The van der Waals surface area contributed by atoms with Gasteiger partial charge in [0.05, 0.1) is 12.3 Å². The highest BCUT2D eigenvalue weighted by Crippen LogP contribution is 2.39. The van der Waals surface area contributed by atoms with Gasteiger partial charge in [-0.05, 0) is 55.0 Å². The number of hydrogen-bond donors (Lipinski definition) is 0. The van der Waals surface area contributed by atoms with Gasteiger partial charge in [0.25, 0.3) is 5.91 Å². The molecule has 2 amide bonds. The highest BCUT2D eigenvalue weighted by molar-refractivity contribution is 5.92. The number of benzene rings is 1. The van der Waals surface area contributed by atoms with Gasteiger partial charge in [-0.1, -0.05) is 12.1 Å². The number of alkyl halides is 5. The van der Waals surface area contributed by atoms with Crippen molar-refractivity contribution in [1.82, 2.24) is 14.8 Å². The molecule has 2 aliphatic rings. The molecule has 2 heterocycles.